The highest BCUT2D eigenvalue weighted by Gasteiger charge is 2.27. The fourth-order valence-electron chi connectivity index (χ4n) is 3.51. The van der Waals surface area contributed by atoms with Gasteiger partial charge in [0.15, 0.2) is 5.82 Å². The molecule has 0 spiro atoms. The second-order valence-corrected chi connectivity index (χ2v) is 7.95. The molecule has 2 aromatic rings. The van der Waals surface area contributed by atoms with Gasteiger partial charge in [0.05, 0.1) is 12.6 Å². The van der Waals surface area contributed by atoms with E-state index in [0.29, 0.717) is 12.4 Å². The van der Waals surface area contributed by atoms with Crippen molar-refractivity contribution in [3.05, 3.63) is 41.0 Å². The van der Waals surface area contributed by atoms with E-state index in [1.165, 1.54) is 0 Å². The lowest BCUT2D eigenvalue weighted by Crippen LogP contribution is -2.49. The van der Waals surface area contributed by atoms with Gasteiger partial charge in [0.25, 0.3) is 0 Å². The smallest absolute Gasteiger partial charge is 0.243 e. The van der Waals surface area contributed by atoms with Crippen LogP contribution in [0.1, 0.15) is 55.6 Å². The molecule has 7 nitrogen and oxygen atoms in total. The van der Waals surface area contributed by atoms with E-state index in [4.69, 9.17) is 4.52 Å². The highest BCUT2D eigenvalue weighted by molar-refractivity contribution is 5.93. The number of piperazine rings is 1. The fraction of sp³-hybridized carbons (Fsp3) is 0.571. The summed E-state index contributed by atoms with van der Waals surface area (Å²) in [5, 5.41) is 7.14. The van der Waals surface area contributed by atoms with Crippen LogP contribution in [-0.2, 0) is 4.79 Å². The lowest BCUT2D eigenvalue weighted by Gasteiger charge is -2.36. The van der Waals surface area contributed by atoms with Gasteiger partial charge in [0, 0.05) is 37.8 Å². The van der Waals surface area contributed by atoms with Crippen molar-refractivity contribution in [3.63, 3.8) is 0 Å². The van der Waals surface area contributed by atoms with Crippen LogP contribution in [0.25, 0.3) is 0 Å². The maximum atomic E-state index is 12.5. The average Bonchev–Trinajstić information content (AvgIpc) is 3.15. The normalized spacial score (nSPS) is 17.1. The topological polar surface area (TPSA) is 74.5 Å². The Morgan fingerprint density at radius 2 is 1.79 bits per heavy atom. The van der Waals surface area contributed by atoms with Gasteiger partial charge in [-0.2, -0.15) is 4.98 Å². The Kier molecular flexibility index (Phi) is 6.46. The maximum absolute atomic E-state index is 12.5. The molecule has 3 rings (SSSR count). The monoisotopic (exact) mass is 385 g/mol. The van der Waals surface area contributed by atoms with E-state index in [1.807, 2.05) is 32.0 Å². The van der Waals surface area contributed by atoms with Crippen molar-refractivity contribution in [2.45, 2.75) is 46.6 Å². The zero-order valence-electron chi connectivity index (χ0n) is 17.5. The van der Waals surface area contributed by atoms with Gasteiger partial charge < -0.3 is 9.84 Å². The van der Waals surface area contributed by atoms with Gasteiger partial charge in [0.1, 0.15) is 0 Å². The number of rotatable bonds is 6. The Balaban J connectivity index is 1.50. The van der Waals surface area contributed by atoms with Crippen LogP contribution < -0.4 is 5.32 Å². The van der Waals surface area contributed by atoms with Gasteiger partial charge in [0.2, 0.25) is 11.8 Å². The molecule has 1 fully saturated rings. The summed E-state index contributed by atoms with van der Waals surface area (Å²) < 4.78 is 5.44. The van der Waals surface area contributed by atoms with E-state index >= 15 is 0 Å². The molecule has 1 unspecified atom stereocenters. The SMILES string of the molecule is Cc1cccc(C)c1NC(=O)CN1CCN(C(C)c2nc(C(C)C)no2)CC1. The quantitative estimate of drug-likeness (QED) is 0.823. The molecule has 0 bridgehead atoms. The summed E-state index contributed by atoms with van der Waals surface area (Å²) in [7, 11) is 0. The van der Waals surface area contributed by atoms with Crippen LogP contribution >= 0.6 is 0 Å². The van der Waals surface area contributed by atoms with E-state index in [2.05, 4.69) is 46.0 Å². The van der Waals surface area contributed by atoms with Crippen LogP contribution in [0.15, 0.2) is 22.7 Å². The summed E-state index contributed by atoms with van der Waals surface area (Å²) in [6.07, 6.45) is 0. The predicted molar refractivity (Wildman–Crippen MR) is 109 cm³/mol. The third-order valence-electron chi connectivity index (χ3n) is 5.40. The van der Waals surface area contributed by atoms with Gasteiger partial charge in [-0.25, -0.2) is 0 Å². The molecular formula is C21H31N5O2. The first-order chi connectivity index (χ1) is 13.3. The number of hydrogen-bond donors (Lipinski definition) is 1. The Bertz CT molecular complexity index is 789. The minimum Gasteiger partial charge on any atom is -0.338 e. The number of benzene rings is 1. The number of aryl methyl sites for hydroxylation is 2. The zero-order chi connectivity index (χ0) is 20.3. The molecule has 1 N–H and O–H groups in total. The number of carbonyl (C=O) groups excluding carboxylic acids is 1. The number of carbonyl (C=O) groups is 1. The molecular weight excluding hydrogens is 354 g/mol. The lowest BCUT2D eigenvalue weighted by atomic mass is 10.1. The summed E-state index contributed by atoms with van der Waals surface area (Å²) >= 11 is 0. The molecule has 2 heterocycles. The molecule has 7 heteroatoms. The van der Waals surface area contributed by atoms with Crippen molar-refractivity contribution in [3.8, 4) is 0 Å². The van der Waals surface area contributed by atoms with Crippen LogP contribution in [0, 0.1) is 13.8 Å². The molecule has 0 aliphatic carbocycles. The Morgan fingerprint density at radius 1 is 1.14 bits per heavy atom. The molecule has 1 amide bonds. The first-order valence-corrected chi connectivity index (χ1v) is 10.0. The molecule has 1 aliphatic rings. The molecule has 152 valence electrons. The Hall–Kier alpha value is -2.25. The third-order valence-corrected chi connectivity index (χ3v) is 5.40. The number of aromatic nitrogens is 2. The number of para-hydroxylation sites is 1. The minimum absolute atomic E-state index is 0.0392. The van der Waals surface area contributed by atoms with Crippen molar-refractivity contribution in [1.29, 1.82) is 0 Å². The maximum Gasteiger partial charge on any atom is 0.243 e. The molecule has 0 radical (unpaired) electrons. The molecule has 0 saturated carbocycles. The number of nitrogens with zero attached hydrogens (tertiary/aromatic N) is 4. The van der Waals surface area contributed by atoms with Crippen LogP contribution in [-0.4, -0.2) is 58.6 Å². The van der Waals surface area contributed by atoms with Gasteiger partial charge in [-0.1, -0.05) is 37.2 Å². The largest absolute Gasteiger partial charge is 0.338 e. The molecule has 1 aliphatic heterocycles. The average molecular weight is 386 g/mol. The molecule has 1 atom stereocenters. The number of hydrogen-bond acceptors (Lipinski definition) is 6. The number of anilines is 1. The summed E-state index contributed by atoms with van der Waals surface area (Å²) in [4.78, 5) is 21.5. The molecule has 1 saturated heterocycles. The first kappa shape index (κ1) is 20.5. The van der Waals surface area contributed by atoms with E-state index in [-0.39, 0.29) is 17.9 Å². The summed E-state index contributed by atoms with van der Waals surface area (Å²) in [5.74, 6) is 1.72. The van der Waals surface area contributed by atoms with Gasteiger partial charge in [-0.15, -0.1) is 0 Å². The van der Waals surface area contributed by atoms with Crippen molar-refractivity contribution in [2.75, 3.05) is 38.0 Å². The first-order valence-electron chi connectivity index (χ1n) is 10.0. The van der Waals surface area contributed by atoms with Gasteiger partial charge in [-0.3, -0.25) is 14.6 Å². The molecule has 28 heavy (non-hydrogen) atoms. The van der Waals surface area contributed by atoms with Crippen LogP contribution in [0.2, 0.25) is 0 Å². The van der Waals surface area contributed by atoms with Crippen LogP contribution in [0.5, 0.6) is 0 Å². The number of amides is 1. The van der Waals surface area contributed by atoms with Crippen molar-refractivity contribution < 1.29 is 9.32 Å². The summed E-state index contributed by atoms with van der Waals surface area (Å²) in [6, 6.07) is 6.13. The standard InChI is InChI=1S/C21H31N5O2/c1-14(2)20-23-21(28-24-20)17(5)26-11-9-25(10-12-26)13-18(27)22-19-15(3)7-6-8-16(19)4/h6-8,14,17H,9-13H2,1-5H3,(H,22,27). The van der Waals surface area contributed by atoms with Gasteiger partial charge in [-0.05, 0) is 31.9 Å². The molecule has 1 aromatic carbocycles. The van der Waals surface area contributed by atoms with E-state index in [0.717, 1.165) is 48.8 Å². The summed E-state index contributed by atoms with van der Waals surface area (Å²) in [5.41, 5.74) is 3.11. The van der Waals surface area contributed by atoms with Crippen molar-refractivity contribution >= 4 is 11.6 Å². The highest BCUT2D eigenvalue weighted by Crippen LogP contribution is 2.22. The van der Waals surface area contributed by atoms with Gasteiger partial charge >= 0.3 is 0 Å². The third kappa shape index (κ3) is 4.77. The number of nitrogens with one attached hydrogen (secondary N) is 1. The minimum atomic E-state index is 0.0392. The van der Waals surface area contributed by atoms with E-state index in [9.17, 15) is 4.79 Å². The summed E-state index contributed by atoms with van der Waals surface area (Å²) in [6.45, 7) is 14.1. The van der Waals surface area contributed by atoms with E-state index in [1.54, 1.807) is 0 Å². The second kappa shape index (κ2) is 8.84. The highest BCUT2D eigenvalue weighted by atomic mass is 16.5. The second-order valence-electron chi connectivity index (χ2n) is 7.95. The predicted octanol–water partition coefficient (Wildman–Crippen LogP) is 3.13. The molecule has 1 aromatic heterocycles. The Labute approximate surface area is 167 Å². The van der Waals surface area contributed by atoms with Crippen molar-refractivity contribution in [2.24, 2.45) is 0 Å². The van der Waals surface area contributed by atoms with E-state index < -0.39 is 0 Å². The lowest BCUT2D eigenvalue weighted by molar-refractivity contribution is -0.117. The fourth-order valence-corrected chi connectivity index (χ4v) is 3.51. The Morgan fingerprint density at radius 3 is 2.36 bits per heavy atom. The van der Waals surface area contributed by atoms with Crippen molar-refractivity contribution in [1.82, 2.24) is 19.9 Å². The van der Waals surface area contributed by atoms with Crippen LogP contribution in [0.3, 0.4) is 0 Å². The zero-order valence-corrected chi connectivity index (χ0v) is 17.5. The van der Waals surface area contributed by atoms with Crippen LogP contribution in [0.4, 0.5) is 5.69 Å².